The number of hydrogen-bond acceptors (Lipinski definition) is 1. The van der Waals surface area contributed by atoms with Crippen molar-refractivity contribution >= 4 is 29.6 Å². The van der Waals surface area contributed by atoms with Gasteiger partial charge in [0, 0.05) is 0 Å². The monoisotopic (exact) mass is 182 g/mol. The number of hydrogen-bond donors (Lipinski definition) is 1. The molecule has 0 aromatic rings. The van der Waals surface area contributed by atoms with Crippen LogP contribution in [0.5, 0.6) is 0 Å². The van der Waals surface area contributed by atoms with E-state index >= 15 is 0 Å². The van der Waals surface area contributed by atoms with Gasteiger partial charge in [0.25, 0.3) is 0 Å². The summed E-state index contributed by atoms with van der Waals surface area (Å²) in [6.45, 7) is 6.41. The molecule has 1 nitrogen and oxygen atoms in total. The Labute approximate surface area is 99.2 Å². The Bertz CT molecular complexity index is 76.8. The van der Waals surface area contributed by atoms with E-state index in [4.69, 9.17) is 0 Å². The number of aliphatic hydroxyl groups is 1. The Morgan fingerprint density at radius 1 is 0.833 bits per heavy atom. The van der Waals surface area contributed by atoms with Gasteiger partial charge in [0.05, 0.1) is 5.60 Å². The molecule has 0 aliphatic carbocycles. The van der Waals surface area contributed by atoms with Crippen molar-refractivity contribution < 1.29 is 5.11 Å². The zero-order chi connectivity index (χ0) is 8.74. The Morgan fingerprint density at radius 2 is 1.08 bits per heavy atom. The van der Waals surface area contributed by atoms with Crippen LogP contribution >= 0.6 is 0 Å². The van der Waals surface area contributed by atoms with Crippen molar-refractivity contribution in [3.63, 3.8) is 0 Å². The van der Waals surface area contributed by atoms with Crippen LogP contribution in [0.15, 0.2) is 0 Å². The first kappa shape index (κ1) is 15.4. The van der Waals surface area contributed by atoms with Gasteiger partial charge in [-0.05, 0) is 19.3 Å². The van der Waals surface area contributed by atoms with E-state index in [-0.39, 0.29) is 35.2 Å². The Kier molecular flexibility index (Phi) is 11.0. The maximum absolute atomic E-state index is 10.0. The zero-order valence-corrected chi connectivity index (χ0v) is 8.19. The van der Waals surface area contributed by atoms with Crippen molar-refractivity contribution in [2.45, 2.75) is 64.9 Å². The van der Waals surface area contributed by atoms with Gasteiger partial charge in [-0.25, -0.2) is 0 Å². The molecule has 0 spiro atoms. The fourth-order valence-corrected chi connectivity index (χ4v) is 1.77. The van der Waals surface area contributed by atoms with E-state index in [2.05, 4.69) is 20.8 Å². The van der Waals surface area contributed by atoms with Gasteiger partial charge in [0.15, 0.2) is 0 Å². The van der Waals surface area contributed by atoms with E-state index in [0.717, 1.165) is 38.5 Å². The predicted molar refractivity (Wildman–Crippen MR) is 56.8 cm³/mol. The summed E-state index contributed by atoms with van der Waals surface area (Å²) in [6.07, 6.45) is 6.18. The molecule has 0 atom stereocenters. The van der Waals surface area contributed by atoms with Gasteiger partial charge in [-0.1, -0.05) is 40.0 Å². The molecule has 0 saturated carbocycles. The molecule has 2 heteroatoms. The van der Waals surface area contributed by atoms with Crippen LogP contribution in [0.4, 0.5) is 0 Å². The third-order valence-corrected chi connectivity index (χ3v) is 2.15. The van der Waals surface area contributed by atoms with Crippen molar-refractivity contribution in [1.82, 2.24) is 0 Å². The molecule has 0 saturated heterocycles. The van der Waals surface area contributed by atoms with Crippen molar-refractivity contribution in [3.05, 3.63) is 0 Å². The third-order valence-electron chi connectivity index (χ3n) is 2.15. The summed E-state index contributed by atoms with van der Waals surface area (Å²) in [5.41, 5.74) is -0.349. The van der Waals surface area contributed by atoms with Crippen LogP contribution in [-0.2, 0) is 0 Å². The SMILES string of the molecule is CCCC(O)(CCC)CCC.[NaH]. The Morgan fingerprint density at radius 3 is 1.25 bits per heavy atom. The molecule has 0 aliphatic heterocycles. The van der Waals surface area contributed by atoms with Crippen LogP contribution in [-0.4, -0.2) is 40.3 Å². The van der Waals surface area contributed by atoms with Crippen LogP contribution in [0.2, 0.25) is 0 Å². The summed E-state index contributed by atoms with van der Waals surface area (Å²) in [5, 5.41) is 10.0. The maximum atomic E-state index is 10.0. The van der Waals surface area contributed by atoms with Gasteiger partial charge in [-0.3, -0.25) is 0 Å². The molecule has 12 heavy (non-hydrogen) atoms. The van der Waals surface area contributed by atoms with E-state index in [1.54, 1.807) is 0 Å². The summed E-state index contributed by atoms with van der Waals surface area (Å²) >= 11 is 0. The fraction of sp³-hybridized carbons (Fsp3) is 1.00. The average molecular weight is 182 g/mol. The Hall–Kier alpha value is 0.960. The third kappa shape index (κ3) is 6.47. The van der Waals surface area contributed by atoms with Crippen LogP contribution in [0.25, 0.3) is 0 Å². The van der Waals surface area contributed by atoms with E-state index in [1.165, 1.54) is 0 Å². The van der Waals surface area contributed by atoms with Crippen molar-refractivity contribution in [2.75, 3.05) is 0 Å². The van der Waals surface area contributed by atoms with E-state index < -0.39 is 0 Å². The molecule has 0 aromatic heterocycles. The van der Waals surface area contributed by atoms with Gasteiger partial charge < -0.3 is 5.11 Å². The molecular formula is C10H23NaO. The van der Waals surface area contributed by atoms with Gasteiger partial charge in [0.2, 0.25) is 0 Å². The fourth-order valence-electron chi connectivity index (χ4n) is 1.77. The first-order valence-corrected chi connectivity index (χ1v) is 4.91. The molecule has 0 bridgehead atoms. The molecule has 1 N–H and O–H groups in total. The van der Waals surface area contributed by atoms with Crippen LogP contribution in [0.3, 0.4) is 0 Å². The molecule has 0 fully saturated rings. The minimum atomic E-state index is -0.349. The van der Waals surface area contributed by atoms with Gasteiger partial charge in [-0.2, -0.15) is 0 Å². The summed E-state index contributed by atoms with van der Waals surface area (Å²) in [7, 11) is 0. The molecule has 0 amide bonds. The Balaban J connectivity index is 0. The predicted octanol–water partition coefficient (Wildman–Crippen LogP) is 2.47. The molecule has 0 heterocycles. The van der Waals surface area contributed by atoms with E-state index in [1.807, 2.05) is 0 Å². The molecule has 70 valence electrons. The van der Waals surface area contributed by atoms with Gasteiger partial charge in [-0.15, -0.1) is 0 Å². The second-order valence-electron chi connectivity index (χ2n) is 3.47. The molecule has 0 rings (SSSR count). The standard InChI is InChI=1S/C10H22O.Na.H/c1-4-7-10(11,8-5-2)9-6-3;;/h11H,4-9H2,1-3H3;;. The summed E-state index contributed by atoms with van der Waals surface area (Å²) in [6, 6.07) is 0. The molecule has 0 aliphatic rings. The second kappa shape index (κ2) is 8.55. The molecule has 0 aromatic carbocycles. The van der Waals surface area contributed by atoms with Crippen LogP contribution in [0, 0.1) is 0 Å². The van der Waals surface area contributed by atoms with Crippen molar-refractivity contribution in [2.24, 2.45) is 0 Å². The van der Waals surface area contributed by atoms with Crippen molar-refractivity contribution in [3.8, 4) is 0 Å². The van der Waals surface area contributed by atoms with Crippen molar-refractivity contribution in [1.29, 1.82) is 0 Å². The quantitative estimate of drug-likeness (QED) is 0.626. The normalized spacial score (nSPS) is 11.0. The average Bonchev–Trinajstić information content (AvgIpc) is 1.88. The van der Waals surface area contributed by atoms with Gasteiger partial charge in [0.1, 0.15) is 0 Å². The number of rotatable bonds is 6. The summed E-state index contributed by atoms with van der Waals surface area (Å²) in [5.74, 6) is 0. The molecular weight excluding hydrogens is 159 g/mol. The van der Waals surface area contributed by atoms with Crippen LogP contribution < -0.4 is 0 Å². The first-order chi connectivity index (χ1) is 5.18. The first-order valence-electron chi connectivity index (χ1n) is 4.91. The van der Waals surface area contributed by atoms with E-state index in [0.29, 0.717) is 0 Å². The van der Waals surface area contributed by atoms with Gasteiger partial charge >= 0.3 is 29.6 Å². The zero-order valence-electron chi connectivity index (χ0n) is 8.19. The summed E-state index contributed by atoms with van der Waals surface area (Å²) < 4.78 is 0. The molecule has 0 radical (unpaired) electrons. The topological polar surface area (TPSA) is 20.2 Å². The van der Waals surface area contributed by atoms with Crippen LogP contribution in [0.1, 0.15) is 59.3 Å². The van der Waals surface area contributed by atoms with E-state index in [9.17, 15) is 5.11 Å². The molecule has 0 unspecified atom stereocenters. The summed E-state index contributed by atoms with van der Waals surface area (Å²) in [4.78, 5) is 0. The minimum absolute atomic E-state index is 0. The second-order valence-corrected chi connectivity index (χ2v) is 3.47.